The summed E-state index contributed by atoms with van der Waals surface area (Å²) in [6.45, 7) is 1.86. The number of benzene rings is 1. The van der Waals surface area contributed by atoms with Crippen molar-refractivity contribution < 1.29 is 13.2 Å². The molecule has 0 heterocycles. The van der Waals surface area contributed by atoms with Gasteiger partial charge < -0.3 is 11.5 Å². The molecule has 0 radical (unpaired) electrons. The Morgan fingerprint density at radius 3 is 2.42 bits per heavy atom. The van der Waals surface area contributed by atoms with Crippen molar-refractivity contribution in [3.05, 3.63) is 23.8 Å². The Kier molecular flexibility index (Phi) is 3.27. The van der Waals surface area contributed by atoms with Crippen molar-refractivity contribution in [1.82, 2.24) is 4.72 Å². The van der Waals surface area contributed by atoms with Crippen LogP contribution in [0.2, 0.25) is 0 Å². The maximum absolute atomic E-state index is 12.2. The minimum Gasteiger partial charge on any atom is -0.398 e. The SMILES string of the molecule is CC1(NS(=O)(=O)c2ccc(C(N)=O)cc2N)CCC1. The number of nitrogen functional groups attached to an aromatic ring is 1. The van der Waals surface area contributed by atoms with Crippen LogP contribution in [0.1, 0.15) is 36.5 Å². The smallest absolute Gasteiger partial charge is 0.248 e. The van der Waals surface area contributed by atoms with Crippen LogP contribution < -0.4 is 16.2 Å². The van der Waals surface area contributed by atoms with E-state index in [9.17, 15) is 13.2 Å². The molecule has 1 fully saturated rings. The molecule has 5 N–H and O–H groups in total. The molecule has 0 bridgehead atoms. The van der Waals surface area contributed by atoms with Crippen molar-refractivity contribution in [2.45, 2.75) is 36.6 Å². The Balaban J connectivity index is 2.33. The van der Waals surface area contributed by atoms with Crippen LogP contribution >= 0.6 is 0 Å². The molecule has 0 saturated heterocycles. The first kappa shape index (κ1) is 13.8. The van der Waals surface area contributed by atoms with E-state index >= 15 is 0 Å². The fourth-order valence-corrected chi connectivity index (χ4v) is 3.71. The Morgan fingerprint density at radius 1 is 1.37 bits per heavy atom. The molecule has 1 aliphatic carbocycles. The molecule has 1 aliphatic rings. The zero-order valence-electron chi connectivity index (χ0n) is 10.6. The number of hydrogen-bond acceptors (Lipinski definition) is 4. The predicted molar refractivity (Wildman–Crippen MR) is 71.9 cm³/mol. The number of rotatable bonds is 4. The fourth-order valence-electron chi connectivity index (χ4n) is 2.13. The van der Waals surface area contributed by atoms with Gasteiger partial charge in [0.2, 0.25) is 15.9 Å². The van der Waals surface area contributed by atoms with E-state index in [2.05, 4.69) is 4.72 Å². The number of hydrogen-bond donors (Lipinski definition) is 3. The van der Waals surface area contributed by atoms with Crippen LogP contribution in [0.4, 0.5) is 5.69 Å². The van der Waals surface area contributed by atoms with Gasteiger partial charge in [-0.3, -0.25) is 4.79 Å². The van der Waals surface area contributed by atoms with Crippen molar-refractivity contribution >= 4 is 21.6 Å². The van der Waals surface area contributed by atoms with Gasteiger partial charge in [0, 0.05) is 11.1 Å². The van der Waals surface area contributed by atoms with E-state index in [1.165, 1.54) is 18.2 Å². The van der Waals surface area contributed by atoms with E-state index in [0.29, 0.717) is 0 Å². The van der Waals surface area contributed by atoms with Crippen molar-refractivity contribution in [2.75, 3.05) is 5.73 Å². The van der Waals surface area contributed by atoms with Crippen LogP contribution in [-0.2, 0) is 10.0 Å². The van der Waals surface area contributed by atoms with Gasteiger partial charge in [-0.25, -0.2) is 13.1 Å². The van der Waals surface area contributed by atoms with Gasteiger partial charge >= 0.3 is 0 Å². The van der Waals surface area contributed by atoms with E-state index in [0.717, 1.165) is 19.3 Å². The van der Waals surface area contributed by atoms with Crippen LogP contribution in [0.3, 0.4) is 0 Å². The number of primary amides is 1. The Hall–Kier alpha value is -1.60. The normalized spacial score (nSPS) is 17.7. The highest BCUT2D eigenvalue weighted by Crippen LogP contribution is 2.33. The highest BCUT2D eigenvalue weighted by molar-refractivity contribution is 7.89. The molecule has 1 aromatic rings. The van der Waals surface area contributed by atoms with Crippen LogP contribution in [0, 0.1) is 0 Å². The molecule has 0 atom stereocenters. The van der Waals surface area contributed by atoms with Gasteiger partial charge in [-0.2, -0.15) is 0 Å². The van der Waals surface area contributed by atoms with Crippen molar-refractivity contribution in [1.29, 1.82) is 0 Å². The van der Waals surface area contributed by atoms with E-state index in [4.69, 9.17) is 11.5 Å². The maximum Gasteiger partial charge on any atom is 0.248 e. The average molecular weight is 283 g/mol. The van der Waals surface area contributed by atoms with Gasteiger partial charge in [-0.1, -0.05) is 0 Å². The summed E-state index contributed by atoms with van der Waals surface area (Å²) in [5.74, 6) is -0.644. The lowest BCUT2D eigenvalue weighted by Gasteiger charge is -2.38. The zero-order chi connectivity index (χ0) is 14.3. The van der Waals surface area contributed by atoms with Gasteiger partial charge in [0.05, 0.1) is 5.69 Å². The van der Waals surface area contributed by atoms with Crippen LogP contribution in [0.15, 0.2) is 23.1 Å². The molecule has 1 amide bonds. The topological polar surface area (TPSA) is 115 Å². The maximum atomic E-state index is 12.2. The largest absolute Gasteiger partial charge is 0.398 e. The zero-order valence-corrected chi connectivity index (χ0v) is 11.5. The molecule has 7 heteroatoms. The number of sulfonamides is 1. The monoisotopic (exact) mass is 283 g/mol. The third kappa shape index (κ3) is 2.71. The highest BCUT2D eigenvalue weighted by Gasteiger charge is 2.36. The third-order valence-corrected chi connectivity index (χ3v) is 5.13. The molecular formula is C12H17N3O3S. The average Bonchev–Trinajstić information content (AvgIpc) is 2.25. The summed E-state index contributed by atoms with van der Waals surface area (Å²) in [5.41, 5.74) is 10.6. The van der Waals surface area contributed by atoms with E-state index < -0.39 is 21.5 Å². The molecule has 2 rings (SSSR count). The molecule has 0 unspecified atom stereocenters. The summed E-state index contributed by atoms with van der Waals surface area (Å²) in [6, 6.07) is 3.94. The molecule has 0 spiro atoms. The number of nitrogens with one attached hydrogen (secondary N) is 1. The van der Waals surface area contributed by atoms with Crippen molar-refractivity contribution in [3.63, 3.8) is 0 Å². The predicted octanol–water partition coefficient (Wildman–Crippen LogP) is 0.589. The van der Waals surface area contributed by atoms with Crippen molar-refractivity contribution in [3.8, 4) is 0 Å². The summed E-state index contributed by atoms with van der Waals surface area (Å²) in [4.78, 5) is 11.0. The number of nitrogens with two attached hydrogens (primary N) is 2. The lowest BCUT2D eigenvalue weighted by molar-refractivity contribution is 0.1000. The summed E-state index contributed by atoms with van der Waals surface area (Å²) in [5, 5.41) is 0. The summed E-state index contributed by atoms with van der Waals surface area (Å²) in [6.07, 6.45) is 2.63. The summed E-state index contributed by atoms with van der Waals surface area (Å²) >= 11 is 0. The Labute approximate surface area is 112 Å². The minimum atomic E-state index is -3.68. The van der Waals surface area contributed by atoms with Gasteiger partial charge in [0.15, 0.2) is 0 Å². The number of carbonyl (C=O) groups is 1. The second-order valence-electron chi connectivity index (χ2n) is 5.14. The minimum absolute atomic E-state index is 0.0201. The van der Waals surface area contributed by atoms with E-state index in [1.807, 2.05) is 6.92 Å². The molecule has 1 aromatic carbocycles. The molecule has 0 aromatic heterocycles. The number of anilines is 1. The number of carbonyl (C=O) groups excluding carboxylic acids is 1. The Morgan fingerprint density at radius 2 is 2.00 bits per heavy atom. The molecular weight excluding hydrogens is 266 g/mol. The first-order valence-corrected chi connectivity index (χ1v) is 7.45. The quantitative estimate of drug-likeness (QED) is 0.701. The molecule has 19 heavy (non-hydrogen) atoms. The summed E-state index contributed by atoms with van der Waals surface area (Å²) < 4.78 is 27.1. The van der Waals surface area contributed by atoms with Crippen LogP contribution in [0.25, 0.3) is 0 Å². The van der Waals surface area contributed by atoms with Gasteiger partial charge in [-0.05, 0) is 44.4 Å². The molecule has 6 nitrogen and oxygen atoms in total. The molecule has 1 saturated carbocycles. The van der Waals surface area contributed by atoms with Crippen molar-refractivity contribution in [2.24, 2.45) is 5.73 Å². The first-order valence-electron chi connectivity index (χ1n) is 5.97. The Bertz CT molecular complexity index is 621. The standard InChI is InChI=1S/C12H17N3O3S/c1-12(5-2-6-12)15-19(17,18)10-4-3-8(11(14)16)7-9(10)13/h3-4,7,15H,2,5-6,13H2,1H3,(H2,14,16). The molecule has 0 aliphatic heterocycles. The lowest BCUT2D eigenvalue weighted by atomic mass is 9.80. The first-order chi connectivity index (χ1) is 8.73. The highest BCUT2D eigenvalue weighted by atomic mass is 32.2. The number of amides is 1. The molecule has 104 valence electrons. The van der Waals surface area contributed by atoms with E-state index in [1.54, 1.807) is 0 Å². The van der Waals surface area contributed by atoms with E-state index in [-0.39, 0.29) is 16.1 Å². The lowest BCUT2D eigenvalue weighted by Crippen LogP contribution is -2.50. The second kappa shape index (κ2) is 4.50. The van der Waals surface area contributed by atoms with Gasteiger partial charge in [-0.15, -0.1) is 0 Å². The third-order valence-electron chi connectivity index (χ3n) is 3.42. The second-order valence-corrected chi connectivity index (χ2v) is 6.79. The van der Waals surface area contributed by atoms with Crippen LogP contribution in [-0.4, -0.2) is 19.9 Å². The summed E-state index contributed by atoms with van der Waals surface area (Å²) in [7, 11) is -3.68. The fraction of sp³-hybridized carbons (Fsp3) is 0.417. The van der Waals surface area contributed by atoms with Gasteiger partial charge in [0.25, 0.3) is 0 Å². The van der Waals surface area contributed by atoms with Crippen LogP contribution in [0.5, 0.6) is 0 Å². The van der Waals surface area contributed by atoms with Gasteiger partial charge in [0.1, 0.15) is 4.90 Å².